The molecule has 0 heterocycles. The van der Waals surface area contributed by atoms with E-state index in [9.17, 15) is 0 Å². The van der Waals surface area contributed by atoms with Crippen LogP contribution in [0.5, 0.6) is 0 Å². The van der Waals surface area contributed by atoms with Crippen LogP contribution in [-0.4, -0.2) is 12.6 Å². The second-order valence-electron chi connectivity index (χ2n) is 4.66. The molecule has 0 radical (unpaired) electrons. The molecule has 1 atom stereocenters. The minimum Gasteiger partial charge on any atom is -0.314 e. The van der Waals surface area contributed by atoms with Gasteiger partial charge in [-0.15, -0.1) is 0 Å². The monoisotopic (exact) mass is 169 g/mol. The second-order valence-corrected chi connectivity index (χ2v) is 4.66. The van der Waals surface area contributed by atoms with E-state index in [2.05, 4.69) is 33.0 Å². The molecule has 0 bridgehead atoms. The maximum absolute atomic E-state index is 3.60. The molecule has 0 spiro atoms. The first-order valence-electron chi connectivity index (χ1n) is 5.38. The first-order chi connectivity index (χ1) is 5.65. The standard InChI is InChI=1S/C11H23N/c1-5-12-11(8(2)3)10-6-9(4)7-10/h8-12H,5-7H2,1-4H3. The van der Waals surface area contributed by atoms with Crippen LogP contribution in [0.25, 0.3) is 0 Å². The maximum atomic E-state index is 3.60. The van der Waals surface area contributed by atoms with Crippen molar-refractivity contribution in [1.29, 1.82) is 0 Å². The molecule has 1 rings (SSSR count). The van der Waals surface area contributed by atoms with Crippen molar-refractivity contribution in [1.82, 2.24) is 5.32 Å². The SMILES string of the molecule is CCNC(C(C)C)C1CC(C)C1. The number of hydrogen-bond donors (Lipinski definition) is 1. The zero-order valence-electron chi connectivity index (χ0n) is 8.93. The van der Waals surface area contributed by atoms with Gasteiger partial charge in [0.25, 0.3) is 0 Å². The fourth-order valence-electron chi connectivity index (χ4n) is 2.44. The highest BCUT2D eigenvalue weighted by atomic mass is 14.9. The molecule has 1 saturated carbocycles. The molecule has 72 valence electrons. The zero-order chi connectivity index (χ0) is 9.14. The Morgan fingerprint density at radius 2 is 1.92 bits per heavy atom. The first-order valence-corrected chi connectivity index (χ1v) is 5.38. The normalized spacial score (nSPS) is 31.8. The Bertz CT molecular complexity index is 125. The molecule has 1 aliphatic rings. The molecule has 1 unspecified atom stereocenters. The van der Waals surface area contributed by atoms with E-state index in [1.54, 1.807) is 0 Å². The van der Waals surface area contributed by atoms with Gasteiger partial charge in [0.05, 0.1) is 0 Å². The van der Waals surface area contributed by atoms with Crippen LogP contribution < -0.4 is 5.32 Å². The molecule has 0 aromatic carbocycles. The Kier molecular flexibility index (Phi) is 3.57. The fourth-order valence-corrected chi connectivity index (χ4v) is 2.44. The predicted molar refractivity (Wildman–Crippen MR) is 54.2 cm³/mol. The third kappa shape index (κ3) is 2.22. The molecular formula is C11H23N. The average Bonchev–Trinajstić information content (AvgIpc) is 1.94. The predicted octanol–water partition coefficient (Wildman–Crippen LogP) is 2.67. The van der Waals surface area contributed by atoms with E-state index < -0.39 is 0 Å². The molecule has 12 heavy (non-hydrogen) atoms. The van der Waals surface area contributed by atoms with Gasteiger partial charge in [-0.05, 0) is 37.1 Å². The van der Waals surface area contributed by atoms with E-state index in [1.807, 2.05) is 0 Å². The lowest BCUT2D eigenvalue weighted by atomic mass is 9.69. The van der Waals surface area contributed by atoms with Crippen LogP contribution in [0.3, 0.4) is 0 Å². The summed E-state index contributed by atoms with van der Waals surface area (Å²) in [4.78, 5) is 0. The Hall–Kier alpha value is -0.0400. The van der Waals surface area contributed by atoms with Gasteiger partial charge >= 0.3 is 0 Å². The van der Waals surface area contributed by atoms with E-state index in [0.29, 0.717) is 0 Å². The molecule has 0 aromatic rings. The summed E-state index contributed by atoms with van der Waals surface area (Å²) in [6, 6.07) is 0.770. The second kappa shape index (κ2) is 4.27. The highest BCUT2D eigenvalue weighted by Gasteiger charge is 2.33. The Balaban J connectivity index is 2.33. The quantitative estimate of drug-likeness (QED) is 0.682. The molecule has 0 aliphatic heterocycles. The van der Waals surface area contributed by atoms with E-state index in [4.69, 9.17) is 0 Å². The van der Waals surface area contributed by atoms with Crippen molar-refractivity contribution in [3.63, 3.8) is 0 Å². The van der Waals surface area contributed by atoms with Gasteiger partial charge < -0.3 is 5.32 Å². The van der Waals surface area contributed by atoms with Gasteiger partial charge in [-0.2, -0.15) is 0 Å². The van der Waals surface area contributed by atoms with E-state index in [0.717, 1.165) is 30.3 Å². The number of nitrogens with one attached hydrogen (secondary N) is 1. The summed E-state index contributed by atoms with van der Waals surface area (Å²) < 4.78 is 0. The van der Waals surface area contributed by atoms with Crippen LogP contribution in [0.15, 0.2) is 0 Å². The average molecular weight is 169 g/mol. The summed E-state index contributed by atoms with van der Waals surface area (Å²) in [6.45, 7) is 10.3. The van der Waals surface area contributed by atoms with Crippen LogP contribution in [0.4, 0.5) is 0 Å². The van der Waals surface area contributed by atoms with Crippen LogP contribution in [0.2, 0.25) is 0 Å². The summed E-state index contributed by atoms with van der Waals surface area (Å²) in [5, 5.41) is 3.60. The Labute approximate surface area is 76.9 Å². The summed E-state index contributed by atoms with van der Waals surface area (Å²) in [5.74, 6) is 2.73. The molecule has 1 N–H and O–H groups in total. The summed E-state index contributed by atoms with van der Waals surface area (Å²) in [7, 11) is 0. The highest BCUT2D eigenvalue weighted by Crippen LogP contribution is 2.37. The van der Waals surface area contributed by atoms with Gasteiger partial charge in [0, 0.05) is 6.04 Å². The van der Waals surface area contributed by atoms with E-state index >= 15 is 0 Å². The van der Waals surface area contributed by atoms with Crippen molar-refractivity contribution in [2.24, 2.45) is 17.8 Å². The largest absolute Gasteiger partial charge is 0.314 e. The summed E-state index contributed by atoms with van der Waals surface area (Å²) in [5.41, 5.74) is 0. The van der Waals surface area contributed by atoms with Gasteiger partial charge in [0.2, 0.25) is 0 Å². The van der Waals surface area contributed by atoms with E-state index in [-0.39, 0.29) is 0 Å². The van der Waals surface area contributed by atoms with Crippen LogP contribution in [0.1, 0.15) is 40.5 Å². The molecule has 0 saturated heterocycles. The maximum Gasteiger partial charge on any atom is 0.0118 e. The van der Waals surface area contributed by atoms with Crippen LogP contribution in [-0.2, 0) is 0 Å². The minimum absolute atomic E-state index is 0.770. The molecule has 1 heteroatoms. The Morgan fingerprint density at radius 1 is 1.33 bits per heavy atom. The van der Waals surface area contributed by atoms with Gasteiger partial charge in [0.15, 0.2) is 0 Å². The van der Waals surface area contributed by atoms with E-state index in [1.165, 1.54) is 12.8 Å². The third-order valence-electron chi connectivity index (χ3n) is 3.08. The lowest BCUT2D eigenvalue weighted by Gasteiger charge is -2.41. The topological polar surface area (TPSA) is 12.0 Å². The zero-order valence-corrected chi connectivity index (χ0v) is 8.93. The molecule has 0 amide bonds. The number of rotatable bonds is 4. The fraction of sp³-hybridized carbons (Fsp3) is 1.00. The van der Waals surface area contributed by atoms with Crippen LogP contribution >= 0.6 is 0 Å². The number of hydrogen-bond acceptors (Lipinski definition) is 1. The lowest BCUT2D eigenvalue weighted by molar-refractivity contribution is 0.131. The van der Waals surface area contributed by atoms with Gasteiger partial charge in [-0.25, -0.2) is 0 Å². The van der Waals surface area contributed by atoms with Crippen molar-refractivity contribution in [2.75, 3.05) is 6.54 Å². The van der Waals surface area contributed by atoms with Crippen molar-refractivity contribution in [3.8, 4) is 0 Å². The van der Waals surface area contributed by atoms with Gasteiger partial charge in [-0.3, -0.25) is 0 Å². The Morgan fingerprint density at radius 3 is 2.25 bits per heavy atom. The highest BCUT2D eigenvalue weighted by molar-refractivity contribution is 4.87. The third-order valence-corrected chi connectivity index (χ3v) is 3.08. The molecular weight excluding hydrogens is 146 g/mol. The smallest absolute Gasteiger partial charge is 0.0118 e. The van der Waals surface area contributed by atoms with Gasteiger partial charge in [-0.1, -0.05) is 27.7 Å². The molecule has 1 aliphatic carbocycles. The molecule has 1 fully saturated rings. The van der Waals surface area contributed by atoms with Crippen molar-refractivity contribution in [3.05, 3.63) is 0 Å². The first kappa shape index (κ1) is 10.0. The molecule has 0 aromatic heterocycles. The summed E-state index contributed by atoms with van der Waals surface area (Å²) in [6.07, 6.45) is 2.88. The van der Waals surface area contributed by atoms with Crippen molar-refractivity contribution >= 4 is 0 Å². The lowest BCUT2D eigenvalue weighted by Crippen LogP contribution is -2.45. The van der Waals surface area contributed by atoms with Gasteiger partial charge in [0.1, 0.15) is 0 Å². The minimum atomic E-state index is 0.770. The summed E-state index contributed by atoms with van der Waals surface area (Å²) >= 11 is 0. The molecule has 1 nitrogen and oxygen atoms in total. The van der Waals surface area contributed by atoms with Crippen molar-refractivity contribution < 1.29 is 0 Å². The van der Waals surface area contributed by atoms with Crippen molar-refractivity contribution in [2.45, 2.75) is 46.6 Å². The van der Waals surface area contributed by atoms with Crippen LogP contribution in [0, 0.1) is 17.8 Å².